The predicted molar refractivity (Wildman–Crippen MR) is 131 cm³/mol. The van der Waals surface area contributed by atoms with Crippen LogP contribution in [-0.4, -0.2) is 21.8 Å². The maximum Gasteiger partial charge on any atom is 0.174 e. The Kier molecular flexibility index (Phi) is 5.37. The van der Waals surface area contributed by atoms with Gasteiger partial charge in [0.1, 0.15) is 11.8 Å². The summed E-state index contributed by atoms with van der Waals surface area (Å²) in [6.07, 6.45) is 3.92. The molecule has 1 fully saturated rings. The lowest BCUT2D eigenvalue weighted by atomic mass is 10.0. The zero-order valence-electron chi connectivity index (χ0n) is 18.0. The van der Waals surface area contributed by atoms with Gasteiger partial charge in [0.2, 0.25) is 0 Å². The number of ether oxygens (including phenoxy) is 1. The summed E-state index contributed by atoms with van der Waals surface area (Å²) in [5.41, 5.74) is 5.30. The first-order valence-electron chi connectivity index (χ1n) is 10.6. The number of methoxy groups -OCH3 is 1. The minimum absolute atomic E-state index is 0.118. The van der Waals surface area contributed by atoms with Gasteiger partial charge in [0.25, 0.3) is 0 Å². The molecule has 0 saturated carbocycles. The summed E-state index contributed by atoms with van der Waals surface area (Å²) in [5.74, 6) is 0.775. The van der Waals surface area contributed by atoms with E-state index in [1.807, 2.05) is 48.7 Å². The van der Waals surface area contributed by atoms with Crippen molar-refractivity contribution >= 4 is 23.0 Å². The smallest absolute Gasteiger partial charge is 0.174 e. The predicted octanol–water partition coefficient (Wildman–Crippen LogP) is 5.37. The number of aryl methyl sites for hydroxylation is 1. The number of benzene rings is 2. The average molecular weight is 441 g/mol. The number of aromatic nitrogens is 2. The van der Waals surface area contributed by atoms with Crippen LogP contribution in [0.2, 0.25) is 0 Å². The van der Waals surface area contributed by atoms with Gasteiger partial charge in [-0.15, -0.1) is 0 Å². The van der Waals surface area contributed by atoms with Crippen molar-refractivity contribution in [1.29, 1.82) is 0 Å². The van der Waals surface area contributed by atoms with Crippen LogP contribution >= 0.6 is 12.2 Å². The second-order valence-corrected chi connectivity index (χ2v) is 8.20. The molecule has 3 heterocycles. The van der Waals surface area contributed by atoms with E-state index in [1.165, 1.54) is 5.56 Å². The third-order valence-electron chi connectivity index (χ3n) is 5.81. The van der Waals surface area contributed by atoms with Crippen LogP contribution in [0.15, 0.2) is 91.3 Å². The van der Waals surface area contributed by atoms with Gasteiger partial charge in [0.15, 0.2) is 5.11 Å². The van der Waals surface area contributed by atoms with Crippen molar-refractivity contribution in [3.8, 4) is 11.4 Å². The highest BCUT2D eigenvalue weighted by atomic mass is 32.1. The molecule has 5 nitrogen and oxygen atoms in total. The Hall–Kier alpha value is -3.64. The van der Waals surface area contributed by atoms with E-state index in [-0.39, 0.29) is 12.1 Å². The van der Waals surface area contributed by atoms with Gasteiger partial charge in [0.05, 0.1) is 24.5 Å². The molecule has 0 spiro atoms. The van der Waals surface area contributed by atoms with Gasteiger partial charge < -0.3 is 19.5 Å². The molecule has 1 saturated heterocycles. The number of hydrogen-bond acceptors (Lipinski definition) is 3. The van der Waals surface area contributed by atoms with E-state index in [4.69, 9.17) is 17.0 Å². The lowest BCUT2D eigenvalue weighted by Gasteiger charge is -2.30. The molecular formula is C26H24N4OS. The van der Waals surface area contributed by atoms with Crippen LogP contribution in [0.3, 0.4) is 0 Å². The van der Waals surface area contributed by atoms with Crippen LogP contribution in [0.1, 0.15) is 29.0 Å². The molecule has 0 bridgehead atoms. The van der Waals surface area contributed by atoms with E-state index >= 15 is 0 Å². The monoisotopic (exact) mass is 440 g/mol. The molecule has 2 aromatic heterocycles. The van der Waals surface area contributed by atoms with E-state index in [0.29, 0.717) is 5.11 Å². The van der Waals surface area contributed by atoms with Crippen LogP contribution in [0.25, 0.3) is 5.69 Å². The highest BCUT2D eigenvalue weighted by Gasteiger charge is 2.43. The molecule has 1 aliphatic rings. The molecule has 0 unspecified atom stereocenters. The molecule has 1 N–H and O–H groups in total. The normalized spacial score (nSPS) is 17.9. The number of anilines is 1. The number of para-hydroxylation sites is 2. The number of hydrogen-bond donors (Lipinski definition) is 1. The highest BCUT2D eigenvalue weighted by molar-refractivity contribution is 7.80. The standard InChI is InChI=1S/C26H24N4OS/c1-18-9-7-10-19(17-18)29-16-8-13-22(29)25-24(20-11-5-6-15-27-20)28-26(32)30(25)21-12-3-4-14-23(21)31-2/h3-17,24-25H,1-2H3,(H,28,32)/t24-,25-/m1/s1. The Labute approximate surface area is 193 Å². The summed E-state index contributed by atoms with van der Waals surface area (Å²) < 4.78 is 7.92. The zero-order chi connectivity index (χ0) is 22.1. The first-order valence-corrected chi connectivity index (χ1v) is 11.0. The van der Waals surface area contributed by atoms with E-state index in [0.717, 1.165) is 28.5 Å². The fourth-order valence-corrected chi connectivity index (χ4v) is 4.73. The van der Waals surface area contributed by atoms with Crippen LogP contribution in [-0.2, 0) is 0 Å². The van der Waals surface area contributed by atoms with Gasteiger partial charge >= 0.3 is 0 Å². The molecule has 0 amide bonds. The number of thiocarbonyl (C=S) groups is 1. The van der Waals surface area contributed by atoms with Crippen molar-refractivity contribution in [2.24, 2.45) is 0 Å². The lowest BCUT2D eigenvalue weighted by molar-refractivity contribution is 0.414. The molecule has 160 valence electrons. The number of pyridine rings is 1. The summed E-state index contributed by atoms with van der Waals surface area (Å²) in [7, 11) is 1.69. The molecule has 5 rings (SSSR count). The number of rotatable bonds is 5. The van der Waals surface area contributed by atoms with Crippen molar-refractivity contribution in [3.05, 3.63) is 108 Å². The lowest BCUT2D eigenvalue weighted by Crippen LogP contribution is -2.30. The Morgan fingerprint density at radius 2 is 1.81 bits per heavy atom. The van der Waals surface area contributed by atoms with E-state index in [9.17, 15) is 0 Å². The SMILES string of the molecule is COc1ccccc1N1C(=S)N[C@H](c2ccccn2)[C@H]1c1cccn1-c1cccc(C)c1. The van der Waals surface area contributed by atoms with Crippen molar-refractivity contribution in [2.75, 3.05) is 12.0 Å². The largest absolute Gasteiger partial charge is 0.495 e. The zero-order valence-corrected chi connectivity index (χ0v) is 18.8. The Morgan fingerprint density at radius 1 is 0.969 bits per heavy atom. The third-order valence-corrected chi connectivity index (χ3v) is 6.12. The minimum atomic E-state index is -0.121. The topological polar surface area (TPSA) is 42.3 Å². The summed E-state index contributed by atoms with van der Waals surface area (Å²) in [5, 5.41) is 4.17. The van der Waals surface area contributed by atoms with Crippen molar-refractivity contribution in [3.63, 3.8) is 0 Å². The minimum Gasteiger partial charge on any atom is -0.495 e. The fourth-order valence-electron chi connectivity index (χ4n) is 4.39. The summed E-state index contributed by atoms with van der Waals surface area (Å²) in [6.45, 7) is 2.11. The maximum absolute atomic E-state index is 5.86. The van der Waals surface area contributed by atoms with Gasteiger partial charge in [-0.3, -0.25) is 4.98 Å². The van der Waals surface area contributed by atoms with Gasteiger partial charge in [-0.05, 0) is 73.2 Å². The Bertz CT molecular complexity index is 1250. The first-order chi connectivity index (χ1) is 15.7. The summed E-state index contributed by atoms with van der Waals surface area (Å²) >= 11 is 5.86. The maximum atomic E-state index is 5.86. The van der Waals surface area contributed by atoms with Gasteiger partial charge in [0, 0.05) is 23.8 Å². The molecule has 2 aromatic carbocycles. The van der Waals surface area contributed by atoms with E-state index in [1.54, 1.807) is 7.11 Å². The number of nitrogens with zero attached hydrogens (tertiary/aromatic N) is 3. The molecule has 0 radical (unpaired) electrons. The molecule has 1 aliphatic heterocycles. The van der Waals surface area contributed by atoms with Crippen molar-refractivity contribution in [1.82, 2.24) is 14.9 Å². The molecular weight excluding hydrogens is 416 g/mol. The summed E-state index contributed by atoms with van der Waals surface area (Å²) in [4.78, 5) is 6.80. The Morgan fingerprint density at radius 3 is 2.59 bits per heavy atom. The molecule has 4 aromatic rings. The average Bonchev–Trinajstić information content (AvgIpc) is 3.44. The third kappa shape index (κ3) is 3.52. The molecule has 32 heavy (non-hydrogen) atoms. The fraction of sp³-hybridized carbons (Fsp3) is 0.154. The van der Waals surface area contributed by atoms with Crippen LogP contribution in [0.5, 0.6) is 5.75 Å². The van der Waals surface area contributed by atoms with Crippen LogP contribution in [0.4, 0.5) is 5.69 Å². The van der Waals surface area contributed by atoms with Crippen LogP contribution < -0.4 is 15.0 Å². The highest BCUT2D eigenvalue weighted by Crippen LogP contribution is 2.44. The second-order valence-electron chi connectivity index (χ2n) is 7.81. The van der Waals surface area contributed by atoms with Gasteiger partial charge in [-0.1, -0.05) is 30.3 Å². The first kappa shape index (κ1) is 20.3. The van der Waals surface area contributed by atoms with E-state index < -0.39 is 0 Å². The molecule has 0 aliphatic carbocycles. The van der Waals surface area contributed by atoms with E-state index in [2.05, 4.69) is 69.3 Å². The van der Waals surface area contributed by atoms with Gasteiger partial charge in [-0.25, -0.2) is 0 Å². The van der Waals surface area contributed by atoms with Crippen molar-refractivity contribution < 1.29 is 4.74 Å². The van der Waals surface area contributed by atoms with Gasteiger partial charge in [-0.2, -0.15) is 0 Å². The summed E-state index contributed by atoms with van der Waals surface area (Å²) in [6, 6.07) is 26.5. The van der Waals surface area contributed by atoms with Crippen molar-refractivity contribution in [2.45, 2.75) is 19.0 Å². The second kappa shape index (κ2) is 8.48. The quantitative estimate of drug-likeness (QED) is 0.423. The molecule has 2 atom stereocenters. The van der Waals surface area contributed by atoms with Crippen LogP contribution in [0, 0.1) is 6.92 Å². The number of nitrogens with one attached hydrogen (secondary N) is 1. The Balaban J connectivity index is 1.70. The molecule has 6 heteroatoms.